The Morgan fingerprint density at radius 3 is 2.38 bits per heavy atom. The van der Waals surface area contributed by atoms with Crippen LogP contribution in [0.5, 0.6) is 5.75 Å². The minimum Gasteiger partial charge on any atom is -0.493 e. The van der Waals surface area contributed by atoms with Crippen LogP contribution in [0.2, 0.25) is 0 Å². The fourth-order valence-corrected chi connectivity index (χ4v) is 2.53. The molecule has 1 aromatic heterocycles. The lowest BCUT2D eigenvalue weighted by molar-refractivity contribution is -0.00484. The molecular formula is C15H30N4O2. The van der Waals surface area contributed by atoms with Crippen molar-refractivity contribution in [2.75, 3.05) is 34.9 Å². The summed E-state index contributed by atoms with van der Waals surface area (Å²) in [5.41, 5.74) is 7.30. The highest BCUT2D eigenvalue weighted by molar-refractivity contribution is 5.29. The molecule has 1 heterocycles. The van der Waals surface area contributed by atoms with Gasteiger partial charge in [-0.15, -0.1) is 0 Å². The Hall–Kier alpha value is -1.11. The molecule has 1 aromatic rings. The Balaban J connectivity index is 3.10. The first kappa shape index (κ1) is 17.9. The zero-order valence-corrected chi connectivity index (χ0v) is 14.4. The lowest BCUT2D eigenvalue weighted by Gasteiger charge is -2.34. The zero-order chi connectivity index (χ0) is 16.2. The molecule has 0 radical (unpaired) electrons. The monoisotopic (exact) mass is 298 g/mol. The highest BCUT2D eigenvalue weighted by atomic mass is 16.5. The second-order valence-electron chi connectivity index (χ2n) is 6.67. The van der Waals surface area contributed by atoms with Crippen LogP contribution in [-0.2, 0) is 11.3 Å². The van der Waals surface area contributed by atoms with Crippen molar-refractivity contribution in [3.63, 3.8) is 0 Å². The van der Waals surface area contributed by atoms with Gasteiger partial charge in [0.1, 0.15) is 0 Å². The first-order valence-electron chi connectivity index (χ1n) is 7.25. The van der Waals surface area contributed by atoms with Gasteiger partial charge >= 0.3 is 0 Å². The minimum atomic E-state index is -0.297. The molecule has 0 spiro atoms. The predicted octanol–water partition coefficient (Wildman–Crippen LogP) is 1.51. The van der Waals surface area contributed by atoms with E-state index in [1.165, 1.54) is 0 Å². The number of likely N-dealkylation sites (N-methyl/N-ethyl adjacent to an activating group) is 1. The Bertz CT molecular complexity index is 437. The fraction of sp³-hybridized carbons (Fsp3) is 0.800. The second-order valence-corrected chi connectivity index (χ2v) is 6.67. The van der Waals surface area contributed by atoms with E-state index in [1.54, 1.807) is 20.4 Å². The van der Waals surface area contributed by atoms with E-state index in [2.05, 4.69) is 30.8 Å². The Labute approximate surface area is 128 Å². The number of rotatable bonds is 7. The molecule has 0 amide bonds. The van der Waals surface area contributed by atoms with Gasteiger partial charge in [-0.1, -0.05) is 20.8 Å². The van der Waals surface area contributed by atoms with Gasteiger partial charge in [0.2, 0.25) is 0 Å². The summed E-state index contributed by atoms with van der Waals surface area (Å²) in [5.74, 6) is 0.715. The molecule has 0 fully saturated rings. The van der Waals surface area contributed by atoms with Crippen molar-refractivity contribution < 1.29 is 9.47 Å². The van der Waals surface area contributed by atoms with Gasteiger partial charge in [-0.25, -0.2) is 0 Å². The minimum absolute atomic E-state index is 0.0736. The molecule has 0 aromatic carbocycles. The molecule has 0 saturated heterocycles. The van der Waals surface area contributed by atoms with E-state index in [0.717, 1.165) is 18.8 Å². The number of ether oxygens (including phenoxy) is 2. The fourth-order valence-electron chi connectivity index (χ4n) is 2.53. The van der Waals surface area contributed by atoms with Crippen LogP contribution < -0.4 is 10.5 Å². The standard InChI is InChI=1S/C15H30N4O2/c1-15(2,3)14(21-7)12(16)13-11(20-6)10-17-19(13)9-8-18(4)5/h10,12,14H,8-9,16H2,1-7H3. The van der Waals surface area contributed by atoms with Crippen LogP contribution in [0.3, 0.4) is 0 Å². The summed E-state index contributed by atoms with van der Waals surface area (Å²) in [4.78, 5) is 2.11. The van der Waals surface area contributed by atoms with Gasteiger partial charge in [-0.2, -0.15) is 5.10 Å². The average Bonchev–Trinajstić information content (AvgIpc) is 2.78. The van der Waals surface area contributed by atoms with Crippen LogP contribution in [0, 0.1) is 5.41 Å². The SMILES string of the molecule is COc1cnn(CCN(C)C)c1C(N)C(OC)C(C)(C)C. The molecule has 1 rings (SSSR count). The molecular weight excluding hydrogens is 268 g/mol. The molecule has 0 aliphatic carbocycles. The maximum atomic E-state index is 6.48. The first-order valence-corrected chi connectivity index (χ1v) is 7.25. The third-order valence-electron chi connectivity index (χ3n) is 3.57. The van der Waals surface area contributed by atoms with E-state index in [0.29, 0.717) is 5.75 Å². The van der Waals surface area contributed by atoms with Crippen LogP contribution in [0.15, 0.2) is 6.20 Å². The van der Waals surface area contributed by atoms with Crippen LogP contribution in [0.1, 0.15) is 32.5 Å². The lowest BCUT2D eigenvalue weighted by atomic mass is 9.83. The van der Waals surface area contributed by atoms with E-state index in [4.69, 9.17) is 15.2 Å². The summed E-state index contributed by atoms with van der Waals surface area (Å²) in [7, 11) is 7.41. The van der Waals surface area contributed by atoms with Crippen LogP contribution in [0.4, 0.5) is 0 Å². The van der Waals surface area contributed by atoms with Gasteiger partial charge in [0.05, 0.1) is 37.7 Å². The molecule has 6 nitrogen and oxygen atoms in total. The molecule has 0 saturated carbocycles. The quantitative estimate of drug-likeness (QED) is 0.826. The number of hydrogen-bond acceptors (Lipinski definition) is 5. The van der Waals surface area contributed by atoms with Crippen molar-refractivity contribution in [3.8, 4) is 5.75 Å². The number of hydrogen-bond donors (Lipinski definition) is 1. The van der Waals surface area contributed by atoms with E-state index in [-0.39, 0.29) is 17.6 Å². The molecule has 6 heteroatoms. The first-order chi connectivity index (χ1) is 9.72. The molecule has 0 bridgehead atoms. The van der Waals surface area contributed by atoms with Crippen molar-refractivity contribution in [1.82, 2.24) is 14.7 Å². The third-order valence-corrected chi connectivity index (χ3v) is 3.57. The van der Waals surface area contributed by atoms with E-state index >= 15 is 0 Å². The van der Waals surface area contributed by atoms with Crippen molar-refractivity contribution in [2.45, 2.75) is 39.5 Å². The maximum Gasteiger partial charge on any atom is 0.161 e. The van der Waals surface area contributed by atoms with E-state index < -0.39 is 0 Å². The summed E-state index contributed by atoms with van der Waals surface area (Å²) >= 11 is 0. The molecule has 2 unspecified atom stereocenters. The molecule has 122 valence electrons. The van der Waals surface area contributed by atoms with Gasteiger partial charge in [0.15, 0.2) is 5.75 Å². The van der Waals surface area contributed by atoms with Crippen LogP contribution >= 0.6 is 0 Å². The van der Waals surface area contributed by atoms with E-state index in [1.807, 2.05) is 18.8 Å². The van der Waals surface area contributed by atoms with Crippen LogP contribution in [0.25, 0.3) is 0 Å². The predicted molar refractivity (Wildman–Crippen MR) is 84.5 cm³/mol. The highest BCUT2D eigenvalue weighted by Gasteiger charge is 2.34. The van der Waals surface area contributed by atoms with Crippen molar-refractivity contribution in [2.24, 2.45) is 11.1 Å². The number of aromatic nitrogens is 2. The molecule has 2 N–H and O–H groups in total. The third kappa shape index (κ3) is 4.43. The molecule has 0 aliphatic heterocycles. The van der Waals surface area contributed by atoms with E-state index in [9.17, 15) is 0 Å². The zero-order valence-electron chi connectivity index (χ0n) is 14.4. The molecule has 21 heavy (non-hydrogen) atoms. The van der Waals surface area contributed by atoms with Gasteiger partial charge < -0.3 is 20.1 Å². The van der Waals surface area contributed by atoms with Gasteiger partial charge in [0, 0.05) is 13.7 Å². The Morgan fingerprint density at radius 2 is 1.95 bits per heavy atom. The molecule has 2 atom stereocenters. The largest absolute Gasteiger partial charge is 0.493 e. The smallest absolute Gasteiger partial charge is 0.161 e. The Morgan fingerprint density at radius 1 is 1.33 bits per heavy atom. The number of nitrogens with two attached hydrogens (primary N) is 1. The van der Waals surface area contributed by atoms with Gasteiger partial charge in [-0.3, -0.25) is 4.68 Å². The van der Waals surface area contributed by atoms with Gasteiger partial charge in [0.25, 0.3) is 0 Å². The van der Waals surface area contributed by atoms with Crippen molar-refractivity contribution in [1.29, 1.82) is 0 Å². The second kappa shape index (κ2) is 7.24. The highest BCUT2D eigenvalue weighted by Crippen LogP contribution is 2.34. The summed E-state index contributed by atoms with van der Waals surface area (Å²) in [6.45, 7) is 8.01. The Kier molecular flexibility index (Phi) is 6.19. The van der Waals surface area contributed by atoms with Crippen LogP contribution in [-0.4, -0.2) is 55.6 Å². The maximum absolute atomic E-state index is 6.48. The van der Waals surface area contributed by atoms with Crippen molar-refractivity contribution in [3.05, 3.63) is 11.9 Å². The summed E-state index contributed by atoms with van der Waals surface area (Å²) in [6, 6.07) is -0.297. The normalized spacial score (nSPS) is 15.3. The summed E-state index contributed by atoms with van der Waals surface area (Å²) in [6.07, 6.45) is 1.60. The number of methoxy groups -OCH3 is 2. The summed E-state index contributed by atoms with van der Waals surface area (Å²) < 4.78 is 13.0. The topological polar surface area (TPSA) is 65.5 Å². The summed E-state index contributed by atoms with van der Waals surface area (Å²) in [5, 5.41) is 4.41. The lowest BCUT2D eigenvalue weighted by Crippen LogP contribution is -2.40. The van der Waals surface area contributed by atoms with Crippen molar-refractivity contribution >= 4 is 0 Å². The molecule has 0 aliphatic rings. The van der Waals surface area contributed by atoms with Gasteiger partial charge in [-0.05, 0) is 19.5 Å². The number of nitrogens with zero attached hydrogens (tertiary/aromatic N) is 3. The average molecular weight is 298 g/mol.